The molecule has 0 saturated carbocycles. The van der Waals surface area contributed by atoms with Crippen LogP contribution in [0.2, 0.25) is 0 Å². The van der Waals surface area contributed by atoms with Crippen LogP contribution in [-0.2, 0) is 6.18 Å². The van der Waals surface area contributed by atoms with E-state index in [0.717, 1.165) is 6.07 Å². The Balaban J connectivity index is 0. The van der Waals surface area contributed by atoms with E-state index in [-0.39, 0.29) is 45.8 Å². The molecule has 0 radical (unpaired) electrons. The zero-order chi connectivity index (χ0) is 9.19. The fourth-order valence-electron chi connectivity index (χ4n) is 0.816. The van der Waals surface area contributed by atoms with Crippen molar-refractivity contribution in [2.24, 2.45) is 0 Å². The first-order valence-corrected chi connectivity index (χ1v) is 3.17. The van der Waals surface area contributed by atoms with Gasteiger partial charge in [0.2, 0.25) is 0 Å². The van der Waals surface area contributed by atoms with Crippen LogP contribution in [0.3, 0.4) is 0 Å². The molecule has 1 aromatic rings. The predicted octanol–water partition coefficient (Wildman–Crippen LogP) is -0.863. The Morgan fingerprint density at radius 3 is 2.29 bits per heavy atom. The summed E-state index contributed by atoms with van der Waals surface area (Å²) in [5.41, 5.74) is -0.799. The number of halogens is 4. The van der Waals surface area contributed by atoms with Gasteiger partial charge >= 0.3 is 29.2 Å². The van der Waals surface area contributed by atoms with E-state index in [1.54, 1.807) is 0 Å². The van der Waals surface area contributed by atoms with Gasteiger partial charge in [-0.15, -0.1) is 6.07 Å². The number of ether oxygens (including phenoxy) is 1. The molecule has 1 nitrogen and oxygen atoms in total. The molecule has 0 spiro atoms. The van der Waals surface area contributed by atoms with Gasteiger partial charge in [-0.1, -0.05) is 0 Å². The monoisotopic (exact) mass is 278 g/mol. The summed E-state index contributed by atoms with van der Waals surface area (Å²) in [6.07, 6.45) is -4.37. The van der Waals surface area contributed by atoms with E-state index in [4.69, 9.17) is 0 Å². The van der Waals surface area contributed by atoms with E-state index in [0.29, 0.717) is 0 Å². The van der Waals surface area contributed by atoms with Gasteiger partial charge in [0.25, 0.3) is 0 Å². The molecule has 0 saturated heterocycles. The molecule has 0 bridgehead atoms. The van der Waals surface area contributed by atoms with Crippen LogP contribution in [0.4, 0.5) is 13.2 Å². The Morgan fingerprint density at radius 2 is 1.93 bits per heavy atom. The van der Waals surface area contributed by atoms with Crippen molar-refractivity contribution in [3.05, 3.63) is 29.8 Å². The van der Waals surface area contributed by atoms with Crippen molar-refractivity contribution in [1.29, 1.82) is 0 Å². The third kappa shape index (κ3) is 4.06. The fourth-order valence-corrected chi connectivity index (χ4v) is 0.816. The van der Waals surface area contributed by atoms with Crippen molar-refractivity contribution in [2.75, 3.05) is 7.11 Å². The maximum Gasteiger partial charge on any atom is 2.00 e. The fraction of sp³-hybridized carbons (Fsp3) is 0.250. The molecule has 0 aromatic heterocycles. The molecule has 0 unspecified atom stereocenters. The van der Waals surface area contributed by atoms with E-state index in [1.807, 2.05) is 0 Å². The van der Waals surface area contributed by atoms with Gasteiger partial charge in [0.15, 0.2) is 0 Å². The van der Waals surface area contributed by atoms with Crippen molar-refractivity contribution in [3.63, 3.8) is 0 Å². The van der Waals surface area contributed by atoms with Crippen molar-refractivity contribution in [2.45, 2.75) is 6.18 Å². The van der Waals surface area contributed by atoms with Crippen molar-refractivity contribution in [3.8, 4) is 5.75 Å². The van der Waals surface area contributed by atoms with Crippen LogP contribution in [0.25, 0.3) is 0 Å². The standard InChI is InChI=1S/C8H6F3O.BrH.Mg/c1-12-7-5-3-2-4-6(7)8(9,10)11;;/h3-5H,1H3;1H;/q-1;;+2/p-1. The van der Waals surface area contributed by atoms with E-state index >= 15 is 0 Å². The second-order valence-electron chi connectivity index (χ2n) is 2.12. The molecule has 0 atom stereocenters. The van der Waals surface area contributed by atoms with E-state index in [2.05, 4.69) is 10.8 Å². The van der Waals surface area contributed by atoms with Crippen molar-refractivity contribution >= 4 is 23.1 Å². The van der Waals surface area contributed by atoms with Crippen LogP contribution in [0.1, 0.15) is 5.56 Å². The number of alkyl halides is 3. The summed E-state index contributed by atoms with van der Waals surface area (Å²) in [5, 5.41) is 0. The summed E-state index contributed by atoms with van der Waals surface area (Å²) in [5.74, 6) is -0.179. The van der Waals surface area contributed by atoms with Crippen LogP contribution in [0.15, 0.2) is 18.2 Å². The number of hydrogen-bond donors (Lipinski definition) is 0. The second kappa shape index (κ2) is 6.52. The molecular formula is C8H6BrF3MgO. The first-order valence-electron chi connectivity index (χ1n) is 3.17. The molecule has 6 heteroatoms. The zero-order valence-electron chi connectivity index (χ0n) is 7.36. The molecule has 0 fully saturated rings. The average molecular weight is 279 g/mol. The van der Waals surface area contributed by atoms with Crippen LogP contribution in [0, 0.1) is 6.07 Å². The molecule has 14 heavy (non-hydrogen) atoms. The average Bonchev–Trinajstić information content (AvgIpc) is 2.03. The van der Waals surface area contributed by atoms with Gasteiger partial charge in [0.05, 0.1) is 7.11 Å². The molecule has 1 rings (SSSR count). The maximum atomic E-state index is 12.1. The predicted molar refractivity (Wildman–Crippen MR) is 42.6 cm³/mol. The smallest absolute Gasteiger partial charge is 1.00 e. The minimum atomic E-state index is -4.37. The molecule has 0 aliphatic carbocycles. The zero-order valence-corrected chi connectivity index (χ0v) is 10.4. The van der Waals surface area contributed by atoms with Gasteiger partial charge in [-0.05, 0) is 5.56 Å². The number of benzene rings is 1. The van der Waals surface area contributed by atoms with Crippen LogP contribution in [-0.4, -0.2) is 30.2 Å². The Labute approximate surface area is 107 Å². The van der Waals surface area contributed by atoms with Gasteiger partial charge in [0, 0.05) is 5.75 Å². The Morgan fingerprint density at radius 1 is 1.36 bits per heavy atom. The molecule has 1 aromatic carbocycles. The summed E-state index contributed by atoms with van der Waals surface area (Å²) in [6.45, 7) is 0. The largest absolute Gasteiger partial charge is 2.00 e. The van der Waals surface area contributed by atoms with E-state index in [1.165, 1.54) is 19.2 Å². The Hall–Kier alpha value is 0.0562. The molecule has 0 aliphatic rings. The number of rotatable bonds is 1. The molecule has 0 amide bonds. The summed E-state index contributed by atoms with van der Waals surface area (Å²) < 4.78 is 40.9. The first-order chi connectivity index (χ1) is 5.55. The van der Waals surface area contributed by atoms with E-state index in [9.17, 15) is 13.2 Å². The quantitative estimate of drug-likeness (QED) is 0.480. The molecule has 0 N–H and O–H groups in total. The van der Waals surface area contributed by atoms with Crippen LogP contribution < -0.4 is 21.7 Å². The van der Waals surface area contributed by atoms with Crippen LogP contribution >= 0.6 is 0 Å². The van der Waals surface area contributed by atoms with Crippen LogP contribution in [0.5, 0.6) is 5.75 Å². The summed E-state index contributed by atoms with van der Waals surface area (Å²) >= 11 is 0. The topological polar surface area (TPSA) is 9.23 Å². The minimum absolute atomic E-state index is 0. The third-order valence-electron chi connectivity index (χ3n) is 1.35. The molecule has 74 valence electrons. The SMILES string of the molecule is COc1cc[c-]cc1C(F)(F)F.[Br-].[Mg+2]. The number of methoxy groups -OCH3 is 1. The Bertz CT molecular complexity index is 278. The maximum absolute atomic E-state index is 12.1. The van der Waals surface area contributed by atoms with Gasteiger partial charge in [-0.25, -0.2) is 0 Å². The van der Waals surface area contributed by atoms with Gasteiger partial charge in [-0.2, -0.15) is 31.4 Å². The third-order valence-corrected chi connectivity index (χ3v) is 1.35. The summed E-state index contributed by atoms with van der Waals surface area (Å²) in [4.78, 5) is 0. The van der Waals surface area contributed by atoms with Gasteiger partial charge in [0.1, 0.15) is 0 Å². The molecule has 0 aliphatic heterocycles. The minimum Gasteiger partial charge on any atom is -1.00 e. The Kier molecular flexibility index (Phi) is 7.68. The number of hydrogen-bond acceptors (Lipinski definition) is 1. The first kappa shape index (κ1) is 16.5. The van der Waals surface area contributed by atoms with Gasteiger partial charge < -0.3 is 21.7 Å². The van der Waals surface area contributed by atoms with Crippen molar-refractivity contribution < 1.29 is 34.9 Å². The van der Waals surface area contributed by atoms with E-state index < -0.39 is 11.7 Å². The van der Waals surface area contributed by atoms with Gasteiger partial charge in [-0.3, -0.25) is 0 Å². The summed E-state index contributed by atoms with van der Waals surface area (Å²) in [6, 6.07) is 5.80. The second-order valence-corrected chi connectivity index (χ2v) is 2.12. The normalized spacial score (nSPS) is 9.71. The van der Waals surface area contributed by atoms with Crippen molar-refractivity contribution in [1.82, 2.24) is 0 Å². The summed E-state index contributed by atoms with van der Waals surface area (Å²) in [7, 11) is 1.20. The molecule has 0 heterocycles. The molecular weight excluding hydrogens is 273 g/mol.